The molecule has 35 heavy (non-hydrogen) atoms. The van der Waals surface area contributed by atoms with Crippen LogP contribution >= 0.6 is 0 Å². The molecule has 1 saturated carbocycles. The van der Waals surface area contributed by atoms with E-state index in [4.69, 9.17) is 9.26 Å². The Balaban J connectivity index is 1.30. The number of aliphatic hydroxyl groups is 1. The predicted molar refractivity (Wildman–Crippen MR) is 138 cm³/mol. The van der Waals surface area contributed by atoms with Crippen molar-refractivity contribution >= 4 is 5.88 Å². The van der Waals surface area contributed by atoms with Crippen LogP contribution in [0.4, 0.5) is 5.88 Å². The van der Waals surface area contributed by atoms with E-state index in [1.807, 2.05) is 48.5 Å². The van der Waals surface area contributed by atoms with Crippen molar-refractivity contribution in [3.05, 3.63) is 71.8 Å². The van der Waals surface area contributed by atoms with Crippen LogP contribution < -0.4 is 4.90 Å². The molecule has 2 fully saturated rings. The number of rotatable bonds is 12. The molecule has 1 aliphatic heterocycles. The quantitative estimate of drug-likeness (QED) is 0.392. The molecule has 1 aromatic heterocycles. The number of hydrogen-bond donors (Lipinski definition) is 1. The lowest BCUT2D eigenvalue weighted by Gasteiger charge is -2.29. The van der Waals surface area contributed by atoms with E-state index in [2.05, 4.69) is 27.1 Å². The Kier molecular flexibility index (Phi) is 8.14. The Hall–Kier alpha value is -2.67. The molecule has 1 aliphatic carbocycles. The highest BCUT2D eigenvalue weighted by Crippen LogP contribution is 2.35. The maximum absolute atomic E-state index is 10.8. The fourth-order valence-electron chi connectivity index (χ4n) is 4.94. The highest BCUT2D eigenvalue weighted by Gasteiger charge is 2.29. The zero-order valence-electron chi connectivity index (χ0n) is 20.5. The molecule has 0 amide bonds. The molecule has 0 unspecified atom stereocenters. The Morgan fingerprint density at radius 1 is 1.00 bits per heavy atom. The first-order valence-electron chi connectivity index (χ1n) is 13.1. The fraction of sp³-hybridized carbons (Fsp3) is 0.483. The third-order valence-electron chi connectivity index (χ3n) is 6.94. The highest BCUT2D eigenvalue weighted by atomic mass is 16.5. The van der Waals surface area contributed by atoms with E-state index in [-0.39, 0.29) is 0 Å². The summed E-state index contributed by atoms with van der Waals surface area (Å²) in [6.45, 7) is 5.13. The first-order chi connectivity index (χ1) is 17.3. The van der Waals surface area contributed by atoms with Gasteiger partial charge in [-0.15, -0.1) is 0 Å². The molecule has 0 spiro atoms. The van der Waals surface area contributed by atoms with Gasteiger partial charge in [0.05, 0.1) is 24.9 Å². The topological polar surface area (TPSA) is 62.0 Å². The molecule has 1 atom stereocenters. The van der Waals surface area contributed by atoms with Gasteiger partial charge < -0.3 is 19.3 Å². The van der Waals surface area contributed by atoms with Gasteiger partial charge in [0.25, 0.3) is 0 Å². The predicted octanol–water partition coefficient (Wildman–Crippen LogP) is 5.12. The smallest absolute Gasteiger partial charge is 0.232 e. The fourth-order valence-corrected chi connectivity index (χ4v) is 4.94. The van der Waals surface area contributed by atoms with Gasteiger partial charge in [-0.1, -0.05) is 65.8 Å². The minimum absolute atomic E-state index is 0.324. The monoisotopic (exact) mass is 475 g/mol. The molecule has 5 rings (SSSR count). The van der Waals surface area contributed by atoms with E-state index in [9.17, 15) is 5.11 Å². The summed E-state index contributed by atoms with van der Waals surface area (Å²) in [5.41, 5.74) is 4.25. The number of benzene rings is 2. The van der Waals surface area contributed by atoms with Gasteiger partial charge in [-0.05, 0) is 43.6 Å². The second-order valence-electron chi connectivity index (χ2n) is 10.0. The van der Waals surface area contributed by atoms with E-state index in [1.165, 1.54) is 32.1 Å². The van der Waals surface area contributed by atoms with Gasteiger partial charge in [-0.3, -0.25) is 4.90 Å². The summed E-state index contributed by atoms with van der Waals surface area (Å²) in [4.78, 5) is 4.73. The molecule has 1 saturated heterocycles. The van der Waals surface area contributed by atoms with E-state index in [1.54, 1.807) is 0 Å². The summed E-state index contributed by atoms with van der Waals surface area (Å²) in [5, 5.41) is 15.4. The lowest BCUT2D eigenvalue weighted by molar-refractivity contribution is 0.00782. The lowest BCUT2D eigenvalue weighted by Crippen LogP contribution is -2.37. The van der Waals surface area contributed by atoms with E-state index >= 15 is 0 Å². The van der Waals surface area contributed by atoms with Crippen molar-refractivity contribution in [1.82, 2.24) is 10.1 Å². The van der Waals surface area contributed by atoms with Crippen LogP contribution in [0.1, 0.15) is 43.2 Å². The van der Waals surface area contributed by atoms with Crippen molar-refractivity contribution in [2.75, 3.05) is 37.7 Å². The Morgan fingerprint density at radius 3 is 2.43 bits per heavy atom. The minimum Gasteiger partial charge on any atom is -0.389 e. The minimum atomic E-state index is -0.545. The van der Waals surface area contributed by atoms with Crippen molar-refractivity contribution in [3.63, 3.8) is 0 Å². The first kappa shape index (κ1) is 24.0. The van der Waals surface area contributed by atoms with Crippen molar-refractivity contribution in [1.29, 1.82) is 0 Å². The van der Waals surface area contributed by atoms with Crippen molar-refractivity contribution in [2.24, 2.45) is 5.92 Å². The summed E-state index contributed by atoms with van der Waals surface area (Å²) in [6, 6.07) is 20.4. The van der Waals surface area contributed by atoms with Gasteiger partial charge in [-0.25, -0.2) is 0 Å². The summed E-state index contributed by atoms with van der Waals surface area (Å²) in [5.74, 6) is 1.62. The molecule has 2 heterocycles. The third kappa shape index (κ3) is 6.72. The van der Waals surface area contributed by atoms with Gasteiger partial charge in [-0.2, -0.15) is 0 Å². The maximum Gasteiger partial charge on any atom is 0.232 e. The number of nitrogens with zero attached hydrogens (tertiary/aromatic N) is 3. The molecule has 186 valence electrons. The molecule has 6 nitrogen and oxygen atoms in total. The molecule has 3 aromatic rings. The van der Waals surface area contributed by atoms with Gasteiger partial charge in [0.2, 0.25) is 5.88 Å². The summed E-state index contributed by atoms with van der Waals surface area (Å²) < 4.78 is 11.8. The maximum atomic E-state index is 10.8. The van der Waals surface area contributed by atoms with E-state index in [0.29, 0.717) is 32.2 Å². The van der Waals surface area contributed by atoms with Crippen LogP contribution in [0.3, 0.4) is 0 Å². The lowest BCUT2D eigenvalue weighted by atomic mass is 10.1. The van der Waals surface area contributed by atoms with Crippen LogP contribution in [-0.2, 0) is 17.9 Å². The molecular weight excluding hydrogens is 438 g/mol. The second-order valence-corrected chi connectivity index (χ2v) is 10.0. The second kappa shape index (κ2) is 11.8. The molecule has 6 heteroatoms. The summed E-state index contributed by atoms with van der Waals surface area (Å²) in [7, 11) is 0. The zero-order chi connectivity index (χ0) is 23.9. The average molecular weight is 476 g/mol. The number of hydrogen-bond acceptors (Lipinski definition) is 6. The molecule has 0 radical (unpaired) electrons. The first-order valence-corrected chi connectivity index (χ1v) is 13.1. The van der Waals surface area contributed by atoms with Gasteiger partial charge >= 0.3 is 0 Å². The Labute approximate surface area is 208 Å². The number of piperidine rings is 1. The number of aliphatic hydroxyl groups excluding tert-OH is 1. The molecule has 2 aromatic carbocycles. The van der Waals surface area contributed by atoms with Crippen molar-refractivity contribution < 1.29 is 14.4 Å². The number of anilines is 1. The van der Waals surface area contributed by atoms with Crippen LogP contribution in [0, 0.1) is 5.92 Å². The molecule has 0 bridgehead atoms. The van der Waals surface area contributed by atoms with Crippen molar-refractivity contribution in [2.45, 2.75) is 51.4 Å². The van der Waals surface area contributed by atoms with Crippen LogP contribution in [0.5, 0.6) is 0 Å². The Morgan fingerprint density at radius 2 is 1.71 bits per heavy atom. The molecular formula is C29H37N3O3. The van der Waals surface area contributed by atoms with Crippen LogP contribution in [0.25, 0.3) is 11.3 Å². The average Bonchev–Trinajstić information content (AvgIpc) is 3.62. The molecule has 2 aliphatic rings. The van der Waals surface area contributed by atoms with E-state index < -0.39 is 6.10 Å². The SMILES string of the molecule is O[C@@H](COCc1ccccc1)CN(Cc1c(-c2ccccc2)noc1N1CCCCC1)CC1CC1. The van der Waals surface area contributed by atoms with Gasteiger partial charge in [0.1, 0.15) is 5.69 Å². The summed E-state index contributed by atoms with van der Waals surface area (Å²) >= 11 is 0. The van der Waals surface area contributed by atoms with Crippen LogP contribution in [0.2, 0.25) is 0 Å². The van der Waals surface area contributed by atoms with Gasteiger partial charge in [0, 0.05) is 38.3 Å². The third-order valence-corrected chi connectivity index (χ3v) is 6.94. The normalized spacial score (nSPS) is 17.1. The highest BCUT2D eigenvalue weighted by molar-refractivity contribution is 5.68. The van der Waals surface area contributed by atoms with E-state index in [0.717, 1.165) is 47.9 Å². The van der Waals surface area contributed by atoms with Crippen LogP contribution in [-0.4, -0.2) is 54.1 Å². The number of ether oxygens (including phenoxy) is 1. The van der Waals surface area contributed by atoms with Gasteiger partial charge in [0.15, 0.2) is 0 Å². The van der Waals surface area contributed by atoms with Crippen LogP contribution in [0.15, 0.2) is 65.2 Å². The molecule has 1 N–H and O–H groups in total. The zero-order valence-corrected chi connectivity index (χ0v) is 20.5. The summed E-state index contributed by atoms with van der Waals surface area (Å²) in [6.07, 6.45) is 5.63. The standard InChI is InChI=1S/C29H37N3O3/c33-26(22-34-21-24-10-4-1-5-11-24)19-31(18-23-14-15-23)20-27-28(25-12-6-2-7-13-25)30-35-29(27)32-16-8-3-9-17-32/h1-2,4-7,10-13,23,26,33H,3,8-9,14-22H2/t26-/m1/s1. The largest absolute Gasteiger partial charge is 0.389 e. The van der Waals surface area contributed by atoms with Crippen molar-refractivity contribution in [3.8, 4) is 11.3 Å². The number of aromatic nitrogens is 1. The Bertz CT molecular complexity index is 1030.